The van der Waals surface area contributed by atoms with Crippen LogP contribution in [0.2, 0.25) is 0 Å². The summed E-state index contributed by atoms with van der Waals surface area (Å²) in [6.45, 7) is 1.65. The van der Waals surface area contributed by atoms with Gasteiger partial charge in [0.25, 0.3) is 0 Å². The second-order valence-corrected chi connectivity index (χ2v) is 5.43. The third kappa shape index (κ3) is 5.57. The molecule has 0 aliphatic heterocycles. The van der Waals surface area contributed by atoms with E-state index >= 15 is 0 Å². The van der Waals surface area contributed by atoms with Gasteiger partial charge in [0.05, 0.1) is 5.92 Å². The van der Waals surface area contributed by atoms with E-state index in [0.29, 0.717) is 5.75 Å². The largest absolute Gasteiger partial charge is 0.478 e. The molecule has 1 unspecified atom stereocenters. The van der Waals surface area contributed by atoms with E-state index in [9.17, 15) is 9.59 Å². The summed E-state index contributed by atoms with van der Waals surface area (Å²) in [5, 5.41) is 9.04. The Labute approximate surface area is 121 Å². The van der Waals surface area contributed by atoms with Crippen molar-refractivity contribution in [3.05, 3.63) is 30.3 Å². The molecule has 2 atom stereocenters. The molecule has 0 spiro atoms. The first-order valence-electron chi connectivity index (χ1n) is 5.76. The molecular formula is C13H16O4S2. The average molecular weight is 300 g/mol. The maximum absolute atomic E-state index is 11.6. The molecule has 0 saturated carbocycles. The Morgan fingerprint density at radius 3 is 2.53 bits per heavy atom. The van der Waals surface area contributed by atoms with Crippen LogP contribution < -0.4 is 0 Å². The molecule has 0 aromatic heterocycles. The number of carboxylic acids is 1. The third-order valence-corrected chi connectivity index (χ3v) is 3.98. The number of esters is 1. The molecule has 6 heteroatoms. The minimum atomic E-state index is -1.14. The van der Waals surface area contributed by atoms with E-state index in [1.807, 2.05) is 30.3 Å². The first-order valence-corrected chi connectivity index (χ1v) is 7.38. The number of aliphatic carboxylic acids is 1. The Hall–Kier alpha value is -1.14. The Kier molecular flexibility index (Phi) is 6.80. The van der Waals surface area contributed by atoms with E-state index < -0.39 is 24.0 Å². The molecule has 1 aromatic rings. The number of thiol groups is 1. The van der Waals surface area contributed by atoms with E-state index in [0.717, 1.165) is 4.90 Å². The Morgan fingerprint density at radius 1 is 1.37 bits per heavy atom. The van der Waals surface area contributed by atoms with Gasteiger partial charge in [-0.25, -0.2) is 4.79 Å². The number of thioether (sulfide) groups is 1. The smallest absolute Gasteiger partial charge is 0.345 e. The van der Waals surface area contributed by atoms with Crippen molar-refractivity contribution in [3.8, 4) is 0 Å². The molecule has 0 bridgehead atoms. The first-order chi connectivity index (χ1) is 9.04. The van der Waals surface area contributed by atoms with Gasteiger partial charge in [-0.3, -0.25) is 4.79 Å². The fraction of sp³-hybridized carbons (Fsp3) is 0.385. The van der Waals surface area contributed by atoms with Crippen molar-refractivity contribution in [3.63, 3.8) is 0 Å². The standard InChI is InChI=1S/C13H16O4S2/c1-9(7-18)13(16)17-11(12(14)15)8-19-10-5-3-2-4-6-10/h2-6,9,11,18H,7-8H2,1H3,(H,14,15)/t9-,11?/m1/s1. The fourth-order valence-electron chi connectivity index (χ4n) is 1.18. The molecule has 0 aliphatic rings. The van der Waals surface area contributed by atoms with Crippen LogP contribution in [0.1, 0.15) is 6.92 Å². The molecule has 0 radical (unpaired) electrons. The van der Waals surface area contributed by atoms with Gasteiger partial charge in [0, 0.05) is 16.4 Å². The van der Waals surface area contributed by atoms with Gasteiger partial charge in [0.2, 0.25) is 6.10 Å². The van der Waals surface area contributed by atoms with Crippen LogP contribution in [0.25, 0.3) is 0 Å². The van der Waals surface area contributed by atoms with Gasteiger partial charge in [-0.05, 0) is 12.1 Å². The van der Waals surface area contributed by atoms with Crippen LogP contribution in [-0.2, 0) is 14.3 Å². The summed E-state index contributed by atoms with van der Waals surface area (Å²) < 4.78 is 4.98. The van der Waals surface area contributed by atoms with Crippen molar-refractivity contribution in [2.24, 2.45) is 5.92 Å². The topological polar surface area (TPSA) is 63.6 Å². The summed E-state index contributed by atoms with van der Waals surface area (Å²) in [4.78, 5) is 23.6. The molecule has 0 aliphatic carbocycles. The average Bonchev–Trinajstić information content (AvgIpc) is 2.42. The van der Waals surface area contributed by atoms with Gasteiger partial charge < -0.3 is 9.84 Å². The zero-order valence-electron chi connectivity index (χ0n) is 10.5. The number of carbonyl (C=O) groups excluding carboxylic acids is 1. The lowest BCUT2D eigenvalue weighted by molar-refractivity contribution is -0.164. The maximum Gasteiger partial charge on any atom is 0.345 e. The highest BCUT2D eigenvalue weighted by atomic mass is 32.2. The molecule has 0 saturated heterocycles. The zero-order valence-corrected chi connectivity index (χ0v) is 12.2. The summed E-state index contributed by atoms with van der Waals surface area (Å²) in [5.41, 5.74) is 0. The third-order valence-electron chi connectivity index (χ3n) is 2.35. The van der Waals surface area contributed by atoms with Crippen LogP contribution in [0.4, 0.5) is 0 Å². The predicted octanol–water partition coefficient (Wildman–Crippen LogP) is 2.34. The minimum absolute atomic E-state index is 0.185. The van der Waals surface area contributed by atoms with E-state index in [-0.39, 0.29) is 5.75 Å². The molecule has 0 amide bonds. The lowest BCUT2D eigenvalue weighted by atomic mass is 10.2. The monoisotopic (exact) mass is 300 g/mol. The summed E-state index contributed by atoms with van der Waals surface area (Å²) in [6, 6.07) is 9.37. The summed E-state index contributed by atoms with van der Waals surface area (Å²) in [7, 11) is 0. The highest BCUT2D eigenvalue weighted by Gasteiger charge is 2.24. The number of benzene rings is 1. The Morgan fingerprint density at radius 2 is 2.00 bits per heavy atom. The van der Waals surface area contributed by atoms with Gasteiger partial charge in [0.15, 0.2) is 0 Å². The number of ether oxygens (including phenoxy) is 1. The van der Waals surface area contributed by atoms with Crippen molar-refractivity contribution >= 4 is 36.3 Å². The fourth-order valence-corrected chi connectivity index (χ4v) is 2.23. The predicted molar refractivity (Wildman–Crippen MR) is 77.7 cm³/mol. The van der Waals surface area contributed by atoms with Crippen molar-refractivity contribution < 1.29 is 19.4 Å². The van der Waals surface area contributed by atoms with Crippen LogP contribution in [0.5, 0.6) is 0 Å². The Balaban J connectivity index is 2.54. The van der Waals surface area contributed by atoms with E-state index in [2.05, 4.69) is 12.6 Å². The lowest BCUT2D eigenvalue weighted by Crippen LogP contribution is -2.32. The molecule has 0 heterocycles. The number of carbonyl (C=O) groups is 2. The van der Waals surface area contributed by atoms with Crippen LogP contribution in [0, 0.1) is 5.92 Å². The van der Waals surface area contributed by atoms with Crippen molar-refractivity contribution in [2.75, 3.05) is 11.5 Å². The number of hydrogen-bond donors (Lipinski definition) is 2. The summed E-state index contributed by atoms with van der Waals surface area (Å²) >= 11 is 5.33. The van der Waals surface area contributed by atoms with Gasteiger partial charge in [-0.15, -0.1) is 11.8 Å². The van der Waals surface area contributed by atoms with E-state index in [1.54, 1.807) is 6.92 Å². The second kappa shape index (κ2) is 8.12. The summed E-state index contributed by atoms with van der Waals surface area (Å²) in [6.07, 6.45) is -1.14. The van der Waals surface area contributed by atoms with Crippen LogP contribution in [0.15, 0.2) is 35.2 Å². The van der Waals surface area contributed by atoms with Crippen molar-refractivity contribution in [2.45, 2.75) is 17.9 Å². The quantitative estimate of drug-likeness (QED) is 0.460. The van der Waals surface area contributed by atoms with Gasteiger partial charge in [0.1, 0.15) is 0 Å². The lowest BCUT2D eigenvalue weighted by Gasteiger charge is -2.15. The Bertz CT molecular complexity index is 422. The molecular weight excluding hydrogens is 284 g/mol. The number of rotatable bonds is 7. The summed E-state index contributed by atoms with van der Waals surface area (Å²) in [5.74, 6) is -1.56. The second-order valence-electron chi connectivity index (χ2n) is 3.97. The van der Waals surface area contributed by atoms with Crippen molar-refractivity contribution in [1.29, 1.82) is 0 Å². The van der Waals surface area contributed by atoms with E-state index in [4.69, 9.17) is 9.84 Å². The molecule has 0 fully saturated rings. The van der Waals surface area contributed by atoms with Crippen molar-refractivity contribution in [1.82, 2.24) is 0 Å². The molecule has 1 rings (SSSR count). The van der Waals surface area contributed by atoms with Crippen LogP contribution >= 0.6 is 24.4 Å². The number of carboxylic acid groups (broad SMARTS) is 1. The van der Waals surface area contributed by atoms with Gasteiger partial charge in [-0.1, -0.05) is 25.1 Å². The zero-order chi connectivity index (χ0) is 14.3. The van der Waals surface area contributed by atoms with Crippen LogP contribution in [0.3, 0.4) is 0 Å². The molecule has 19 heavy (non-hydrogen) atoms. The number of hydrogen-bond acceptors (Lipinski definition) is 5. The van der Waals surface area contributed by atoms with Gasteiger partial charge in [-0.2, -0.15) is 12.6 Å². The van der Waals surface area contributed by atoms with E-state index in [1.165, 1.54) is 11.8 Å². The first kappa shape index (κ1) is 15.9. The maximum atomic E-state index is 11.6. The molecule has 104 valence electrons. The highest BCUT2D eigenvalue weighted by molar-refractivity contribution is 7.99. The van der Waals surface area contributed by atoms with Gasteiger partial charge >= 0.3 is 11.9 Å². The normalized spacial score (nSPS) is 13.6. The molecule has 1 N–H and O–H groups in total. The molecule has 4 nitrogen and oxygen atoms in total. The molecule has 1 aromatic carbocycles. The SMILES string of the molecule is C[C@H](CS)C(=O)OC(CSc1ccccc1)C(=O)O. The van der Waals surface area contributed by atoms with Crippen LogP contribution in [-0.4, -0.2) is 34.7 Å². The minimum Gasteiger partial charge on any atom is -0.478 e. The highest BCUT2D eigenvalue weighted by Crippen LogP contribution is 2.19.